The van der Waals surface area contributed by atoms with Gasteiger partial charge in [0.1, 0.15) is 0 Å². The molecule has 2 unspecified atom stereocenters. The third kappa shape index (κ3) is 6.98. The Balaban J connectivity index is 0.00000400. The van der Waals surface area contributed by atoms with E-state index in [2.05, 4.69) is 32.8 Å². The van der Waals surface area contributed by atoms with Gasteiger partial charge in [-0.25, -0.2) is 0 Å². The zero-order chi connectivity index (χ0) is 15.1. The van der Waals surface area contributed by atoms with Crippen LogP contribution in [-0.2, 0) is 4.79 Å². The predicted molar refractivity (Wildman–Crippen MR) is 91.8 cm³/mol. The van der Waals surface area contributed by atoms with Crippen molar-refractivity contribution in [2.75, 3.05) is 33.7 Å². The van der Waals surface area contributed by atoms with Crippen LogP contribution in [0.5, 0.6) is 0 Å². The van der Waals surface area contributed by atoms with Crippen LogP contribution in [-0.4, -0.2) is 55.5 Å². The normalized spacial score (nSPS) is 19.2. The smallest absolute Gasteiger partial charge is 0.239 e. The highest BCUT2D eigenvalue weighted by Crippen LogP contribution is 2.23. The molecule has 4 nitrogen and oxygen atoms in total. The lowest BCUT2D eigenvalue weighted by molar-refractivity contribution is -0.135. The van der Waals surface area contributed by atoms with Crippen molar-refractivity contribution >= 4 is 18.3 Å². The molecule has 1 aliphatic rings. The topological polar surface area (TPSA) is 49.6 Å². The second-order valence-corrected chi connectivity index (χ2v) is 6.63. The van der Waals surface area contributed by atoms with Gasteiger partial charge in [-0.3, -0.25) is 4.79 Å². The van der Waals surface area contributed by atoms with Gasteiger partial charge in [0.25, 0.3) is 0 Å². The lowest BCUT2D eigenvalue weighted by atomic mass is 9.91. The maximum atomic E-state index is 12.3. The molecule has 0 saturated carbocycles. The summed E-state index contributed by atoms with van der Waals surface area (Å²) in [4.78, 5) is 16.5. The number of rotatable bonds is 7. The molecule has 126 valence electrons. The van der Waals surface area contributed by atoms with Gasteiger partial charge in [-0.15, -0.1) is 12.4 Å². The fourth-order valence-electron chi connectivity index (χ4n) is 2.85. The first kappa shape index (κ1) is 20.7. The molecule has 1 heterocycles. The van der Waals surface area contributed by atoms with Gasteiger partial charge in [-0.05, 0) is 58.2 Å². The van der Waals surface area contributed by atoms with E-state index < -0.39 is 0 Å². The molecule has 1 aliphatic heterocycles. The Morgan fingerprint density at radius 2 is 1.90 bits per heavy atom. The molecule has 5 heteroatoms. The number of hydrogen-bond donors (Lipinski definition) is 1. The standard InChI is InChI=1S/C16H33N3O.ClH/c1-5-13(2)15(17)16(20)19-11-8-14(9-12-19)7-6-10-18(3)4;/h13-15H,5-12,17H2,1-4H3;1H. The largest absolute Gasteiger partial charge is 0.341 e. The average Bonchev–Trinajstić information content (AvgIpc) is 2.45. The summed E-state index contributed by atoms with van der Waals surface area (Å²) >= 11 is 0. The molecule has 21 heavy (non-hydrogen) atoms. The first-order chi connectivity index (χ1) is 9.45. The fourth-order valence-corrected chi connectivity index (χ4v) is 2.85. The zero-order valence-corrected chi connectivity index (χ0v) is 15.0. The lowest BCUT2D eigenvalue weighted by Crippen LogP contribution is -2.49. The first-order valence-corrected chi connectivity index (χ1v) is 8.14. The summed E-state index contributed by atoms with van der Waals surface area (Å²) in [6, 6.07) is -0.315. The van der Waals surface area contributed by atoms with Crippen LogP contribution in [0.2, 0.25) is 0 Å². The molecule has 2 atom stereocenters. The Bertz CT molecular complexity index is 291. The Labute approximate surface area is 136 Å². The number of carbonyl (C=O) groups excluding carboxylic acids is 1. The lowest BCUT2D eigenvalue weighted by Gasteiger charge is -2.34. The number of hydrogen-bond acceptors (Lipinski definition) is 3. The minimum Gasteiger partial charge on any atom is -0.341 e. The van der Waals surface area contributed by atoms with E-state index in [0.29, 0.717) is 0 Å². The minimum atomic E-state index is -0.315. The molecule has 0 radical (unpaired) electrons. The van der Waals surface area contributed by atoms with Crippen molar-refractivity contribution in [3.8, 4) is 0 Å². The van der Waals surface area contributed by atoms with E-state index >= 15 is 0 Å². The van der Waals surface area contributed by atoms with Crippen LogP contribution in [0.3, 0.4) is 0 Å². The summed E-state index contributed by atoms with van der Waals surface area (Å²) in [7, 11) is 4.25. The monoisotopic (exact) mass is 319 g/mol. The number of nitrogens with two attached hydrogens (primary N) is 1. The zero-order valence-electron chi connectivity index (χ0n) is 14.2. The fraction of sp³-hybridized carbons (Fsp3) is 0.938. The van der Waals surface area contributed by atoms with Crippen molar-refractivity contribution in [2.24, 2.45) is 17.6 Å². The summed E-state index contributed by atoms with van der Waals surface area (Å²) in [6.07, 6.45) is 5.81. The quantitative estimate of drug-likeness (QED) is 0.783. The molecule has 0 spiro atoms. The van der Waals surface area contributed by atoms with E-state index in [9.17, 15) is 4.79 Å². The molecule has 0 aromatic heterocycles. The van der Waals surface area contributed by atoms with Crippen molar-refractivity contribution in [1.29, 1.82) is 0 Å². The van der Waals surface area contributed by atoms with Gasteiger partial charge in [0.2, 0.25) is 5.91 Å². The van der Waals surface area contributed by atoms with Gasteiger partial charge >= 0.3 is 0 Å². The van der Waals surface area contributed by atoms with Gasteiger partial charge in [0.15, 0.2) is 0 Å². The Morgan fingerprint density at radius 3 is 2.38 bits per heavy atom. The highest BCUT2D eigenvalue weighted by atomic mass is 35.5. The Morgan fingerprint density at radius 1 is 1.33 bits per heavy atom. The maximum absolute atomic E-state index is 12.3. The van der Waals surface area contributed by atoms with E-state index in [1.54, 1.807) is 0 Å². The number of nitrogens with zero attached hydrogens (tertiary/aromatic N) is 2. The van der Waals surface area contributed by atoms with Crippen LogP contribution < -0.4 is 5.73 Å². The van der Waals surface area contributed by atoms with Crippen LogP contribution in [0.25, 0.3) is 0 Å². The van der Waals surface area contributed by atoms with Gasteiger partial charge in [-0.1, -0.05) is 20.3 Å². The minimum absolute atomic E-state index is 0. The SMILES string of the molecule is CCC(C)C(N)C(=O)N1CCC(CCCN(C)C)CC1.Cl. The summed E-state index contributed by atoms with van der Waals surface area (Å²) in [5, 5.41) is 0. The van der Waals surface area contributed by atoms with Crippen LogP contribution >= 0.6 is 12.4 Å². The molecule has 1 amide bonds. The van der Waals surface area contributed by atoms with Crippen LogP contribution in [0, 0.1) is 11.8 Å². The number of amides is 1. The summed E-state index contributed by atoms with van der Waals surface area (Å²) in [5.74, 6) is 1.23. The van der Waals surface area contributed by atoms with Crippen molar-refractivity contribution in [1.82, 2.24) is 9.80 Å². The highest BCUT2D eigenvalue weighted by Gasteiger charge is 2.28. The Hall–Kier alpha value is -0.320. The van der Waals surface area contributed by atoms with Crippen molar-refractivity contribution in [3.63, 3.8) is 0 Å². The maximum Gasteiger partial charge on any atom is 0.239 e. The van der Waals surface area contributed by atoms with Gasteiger partial charge in [0.05, 0.1) is 6.04 Å². The molecule has 1 saturated heterocycles. The first-order valence-electron chi connectivity index (χ1n) is 8.14. The van der Waals surface area contributed by atoms with Crippen molar-refractivity contribution in [2.45, 2.75) is 52.0 Å². The molecule has 0 aromatic carbocycles. The third-order valence-electron chi connectivity index (χ3n) is 4.69. The summed E-state index contributed by atoms with van der Waals surface area (Å²) < 4.78 is 0. The molecular weight excluding hydrogens is 286 g/mol. The van der Waals surface area contributed by atoms with E-state index in [4.69, 9.17) is 5.73 Å². The molecule has 0 aromatic rings. The number of carbonyl (C=O) groups is 1. The summed E-state index contributed by atoms with van der Waals surface area (Å²) in [5.41, 5.74) is 6.05. The predicted octanol–water partition coefficient (Wildman–Crippen LogP) is 2.36. The van der Waals surface area contributed by atoms with Gasteiger partial charge < -0.3 is 15.5 Å². The van der Waals surface area contributed by atoms with E-state index in [1.165, 1.54) is 12.8 Å². The van der Waals surface area contributed by atoms with E-state index in [1.807, 2.05) is 4.90 Å². The van der Waals surface area contributed by atoms with Crippen LogP contribution in [0.15, 0.2) is 0 Å². The molecule has 0 aliphatic carbocycles. The molecule has 2 N–H and O–H groups in total. The average molecular weight is 320 g/mol. The number of likely N-dealkylation sites (tertiary alicyclic amines) is 1. The molecule has 1 rings (SSSR count). The number of halogens is 1. The molecular formula is C16H34ClN3O. The third-order valence-corrected chi connectivity index (χ3v) is 4.69. The van der Waals surface area contributed by atoms with Crippen molar-refractivity contribution < 1.29 is 4.79 Å². The molecule has 1 fully saturated rings. The second kappa shape index (κ2) is 10.4. The van der Waals surface area contributed by atoms with E-state index in [-0.39, 0.29) is 30.3 Å². The molecule has 0 bridgehead atoms. The van der Waals surface area contributed by atoms with E-state index in [0.717, 1.165) is 44.8 Å². The van der Waals surface area contributed by atoms with Crippen LogP contribution in [0.4, 0.5) is 0 Å². The second-order valence-electron chi connectivity index (χ2n) is 6.63. The van der Waals surface area contributed by atoms with Gasteiger partial charge in [0, 0.05) is 13.1 Å². The Kier molecular flexibility index (Phi) is 10.3. The van der Waals surface area contributed by atoms with Crippen LogP contribution in [0.1, 0.15) is 46.0 Å². The van der Waals surface area contributed by atoms with Crippen molar-refractivity contribution in [3.05, 3.63) is 0 Å². The van der Waals surface area contributed by atoms with Gasteiger partial charge in [-0.2, -0.15) is 0 Å². The number of piperidine rings is 1. The summed E-state index contributed by atoms with van der Waals surface area (Å²) in [6.45, 7) is 7.12. The highest BCUT2D eigenvalue weighted by molar-refractivity contribution is 5.85.